The zero-order valence-corrected chi connectivity index (χ0v) is 14.7. The molecule has 0 spiro atoms. The maximum Gasteiger partial charge on any atom is 0.393 e. The molecule has 3 atom stereocenters. The van der Waals surface area contributed by atoms with Gasteiger partial charge in [0.15, 0.2) is 11.9 Å². The number of H-pyrrole nitrogens is 1. The molecule has 0 saturated heterocycles. The molecule has 3 aromatic heterocycles. The molecule has 2 N–H and O–H groups in total. The van der Waals surface area contributed by atoms with Gasteiger partial charge >= 0.3 is 6.18 Å². The van der Waals surface area contributed by atoms with Crippen LogP contribution in [0.2, 0.25) is 0 Å². The summed E-state index contributed by atoms with van der Waals surface area (Å²) < 4.78 is 46.0. The van der Waals surface area contributed by atoms with Gasteiger partial charge in [-0.2, -0.15) is 27.8 Å². The number of hydrogen-bond donors (Lipinski definition) is 2. The highest BCUT2D eigenvalue weighted by molar-refractivity contribution is 5.74. The number of fused-ring (bicyclic) bond motifs is 1. The molecule has 0 unspecified atom stereocenters. The Labute approximate surface area is 157 Å². The van der Waals surface area contributed by atoms with Crippen molar-refractivity contribution in [3.63, 3.8) is 0 Å². The van der Waals surface area contributed by atoms with Crippen LogP contribution in [0.1, 0.15) is 19.8 Å². The lowest BCUT2D eigenvalue weighted by molar-refractivity contribution is -0.197. The Morgan fingerprint density at radius 2 is 2.25 bits per heavy atom. The van der Waals surface area contributed by atoms with E-state index >= 15 is 0 Å². The molecular formula is C17H16F3N7O. The number of nitrogens with one attached hydrogen (secondary N) is 2. The van der Waals surface area contributed by atoms with Crippen molar-refractivity contribution < 1.29 is 17.9 Å². The van der Waals surface area contributed by atoms with E-state index in [1.54, 1.807) is 19.3 Å². The van der Waals surface area contributed by atoms with Crippen molar-refractivity contribution in [1.29, 1.82) is 0 Å². The molecule has 1 aliphatic rings. The van der Waals surface area contributed by atoms with Gasteiger partial charge in [-0.1, -0.05) is 5.92 Å². The second-order valence-corrected chi connectivity index (χ2v) is 6.52. The molecule has 146 valence electrons. The average molecular weight is 391 g/mol. The SMILES string of the molecule is C#C[C@H](C)Oc1c(-c2cn[nH]c2)ncn2nc(N[C@@H]3CC[C@H]3C(F)(F)F)nc12. The first-order valence-electron chi connectivity index (χ1n) is 8.57. The molecule has 4 rings (SSSR count). The minimum Gasteiger partial charge on any atom is -0.472 e. The van der Waals surface area contributed by atoms with E-state index in [1.807, 2.05) is 0 Å². The molecule has 1 fully saturated rings. The van der Waals surface area contributed by atoms with Gasteiger partial charge in [0.25, 0.3) is 0 Å². The molecule has 28 heavy (non-hydrogen) atoms. The Kier molecular flexibility index (Phi) is 4.33. The fourth-order valence-corrected chi connectivity index (χ4v) is 3.03. The van der Waals surface area contributed by atoms with Crippen molar-refractivity contribution in [2.45, 2.75) is 38.1 Å². The second-order valence-electron chi connectivity index (χ2n) is 6.52. The summed E-state index contributed by atoms with van der Waals surface area (Å²) in [5.41, 5.74) is 1.38. The van der Waals surface area contributed by atoms with Gasteiger partial charge in [0.1, 0.15) is 12.0 Å². The van der Waals surface area contributed by atoms with Crippen LogP contribution in [-0.2, 0) is 0 Å². The standard InChI is InChI=1S/C17H16F3N7O/c1-3-9(2)28-14-13(10-6-22-23-7-10)21-8-27-15(14)25-16(26-27)24-12-5-4-11(12)17(18,19)20/h1,6-9,11-12H,4-5H2,2H3,(H,22,23)(H,24,26)/t9-,11+,12+/m0/s1. The molecule has 8 nitrogen and oxygen atoms in total. The minimum absolute atomic E-state index is 0.0725. The lowest BCUT2D eigenvalue weighted by Gasteiger charge is -2.37. The van der Waals surface area contributed by atoms with Crippen LogP contribution < -0.4 is 10.1 Å². The van der Waals surface area contributed by atoms with E-state index in [9.17, 15) is 13.2 Å². The number of rotatable bonds is 5. The van der Waals surface area contributed by atoms with Crippen molar-refractivity contribution in [3.05, 3.63) is 18.7 Å². The summed E-state index contributed by atoms with van der Waals surface area (Å²) in [4.78, 5) is 8.63. The van der Waals surface area contributed by atoms with Crippen LogP contribution in [0.15, 0.2) is 18.7 Å². The Balaban J connectivity index is 1.70. The third kappa shape index (κ3) is 3.21. The topological polar surface area (TPSA) is 93.0 Å². The van der Waals surface area contributed by atoms with E-state index in [2.05, 4.69) is 36.5 Å². The number of ether oxygens (including phenoxy) is 1. The molecule has 0 radical (unpaired) electrons. The number of nitrogens with zero attached hydrogens (tertiary/aromatic N) is 5. The van der Waals surface area contributed by atoms with E-state index in [4.69, 9.17) is 11.2 Å². The van der Waals surface area contributed by atoms with Crippen LogP contribution in [0.3, 0.4) is 0 Å². The van der Waals surface area contributed by atoms with Crippen molar-refractivity contribution in [1.82, 2.24) is 29.8 Å². The van der Waals surface area contributed by atoms with Gasteiger partial charge in [0.05, 0.1) is 12.1 Å². The molecule has 0 aliphatic heterocycles. The molecule has 1 saturated carbocycles. The molecule has 0 bridgehead atoms. The summed E-state index contributed by atoms with van der Waals surface area (Å²) in [5, 5.41) is 13.5. The highest BCUT2D eigenvalue weighted by Gasteiger charge is 2.50. The van der Waals surface area contributed by atoms with E-state index in [-0.39, 0.29) is 18.1 Å². The van der Waals surface area contributed by atoms with Crippen LogP contribution in [0.5, 0.6) is 5.75 Å². The number of aromatic nitrogens is 6. The third-order valence-electron chi connectivity index (χ3n) is 4.66. The normalized spacial score (nSPS) is 20.4. The maximum atomic E-state index is 13.0. The summed E-state index contributed by atoms with van der Waals surface area (Å²) in [7, 11) is 0. The summed E-state index contributed by atoms with van der Waals surface area (Å²) in [6.07, 6.45) is 5.67. The summed E-state index contributed by atoms with van der Waals surface area (Å²) >= 11 is 0. The predicted octanol–water partition coefficient (Wildman–Crippen LogP) is 2.67. The van der Waals surface area contributed by atoms with E-state index in [0.717, 1.165) is 0 Å². The van der Waals surface area contributed by atoms with Gasteiger partial charge in [-0.15, -0.1) is 11.5 Å². The van der Waals surface area contributed by atoms with Crippen molar-refractivity contribution >= 4 is 11.6 Å². The van der Waals surface area contributed by atoms with Gasteiger partial charge in [-0.25, -0.2) is 4.98 Å². The Morgan fingerprint density at radius 1 is 1.43 bits per heavy atom. The summed E-state index contributed by atoms with van der Waals surface area (Å²) in [6, 6.07) is -0.757. The van der Waals surface area contributed by atoms with Crippen LogP contribution in [-0.4, -0.2) is 48.1 Å². The van der Waals surface area contributed by atoms with E-state index < -0.39 is 24.2 Å². The lowest BCUT2D eigenvalue weighted by atomic mass is 9.79. The first kappa shape index (κ1) is 18.1. The van der Waals surface area contributed by atoms with Gasteiger partial charge in [0.2, 0.25) is 11.6 Å². The summed E-state index contributed by atoms with van der Waals surface area (Å²) in [6.45, 7) is 1.68. The number of halogens is 3. The first-order chi connectivity index (χ1) is 13.4. The fourth-order valence-electron chi connectivity index (χ4n) is 3.03. The average Bonchev–Trinajstić information content (AvgIpc) is 3.26. The zero-order valence-electron chi connectivity index (χ0n) is 14.7. The van der Waals surface area contributed by atoms with Crippen LogP contribution in [0.25, 0.3) is 16.9 Å². The van der Waals surface area contributed by atoms with Crippen LogP contribution in [0, 0.1) is 18.3 Å². The smallest absolute Gasteiger partial charge is 0.393 e. The van der Waals surface area contributed by atoms with Gasteiger partial charge < -0.3 is 10.1 Å². The van der Waals surface area contributed by atoms with Gasteiger partial charge in [-0.3, -0.25) is 5.10 Å². The molecule has 3 heterocycles. The Bertz CT molecular complexity index is 1020. The second kappa shape index (κ2) is 6.70. The van der Waals surface area contributed by atoms with Crippen LogP contribution >= 0.6 is 0 Å². The van der Waals surface area contributed by atoms with Crippen LogP contribution in [0.4, 0.5) is 19.1 Å². The number of terminal acetylenes is 1. The predicted molar refractivity (Wildman–Crippen MR) is 93.5 cm³/mol. The van der Waals surface area contributed by atoms with E-state index in [1.165, 1.54) is 10.8 Å². The highest BCUT2D eigenvalue weighted by Crippen LogP contribution is 2.42. The van der Waals surface area contributed by atoms with Gasteiger partial charge in [-0.05, 0) is 19.8 Å². The zero-order chi connectivity index (χ0) is 19.9. The lowest BCUT2D eigenvalue weighted by Crippen LogP contribution is -2.46. The molecule has 3 aromatic rings. The van der Waals surface area contributed by atoms with Crippen molar-refractivity contribution in [2.75, 3.05) is 5.32 Å². The fraction of sp³-hybridized carbons (Fsp3) is 0.412. The third-order valence-corrected chi connectivity index (χ3v) is 4.66. The molecule has 0 aromatic carbocycles. The Hall–Kier alpha value is -3.29. The number of anilines is 1. The molecular weight excluding hydrogens is 375 g/mol. The number of aromatic amines is 1. The number of alkyl halides is 3. The minimum atomic E-state index is -4.25. The highest BCUT2D eigenvalue weighted by atomic mass is 19.4. The summed E-state index contributed by atoms with van der Waals surface area (Å²) in [5.74, 6) is 1.40. The molecule has 0 amide bonds. The van der Waals surface area contributed by atoms with E-state index in [0.29, 0.717) is 23.3 Å². The monoisotopic (exact) mass is 391 g/mol. The van der Waals surface area contributed by atoms with Gasteiger partial charge in [0, 0.05) is 17.8 Å². The largest absolute Gasteiger partial charge is 0.472 e. The molecule has 11 heteroatoms. The molecule has 1 aliphatic carbocycles. The maximum absolute atomic E-state index is 13.0. The van der Waals surface area contributed by atoms with Crippen molar-refractivity contribution in [3.8, 4) is 29.4 Å². The first-order valence-corrected chi connectivity index (χ1v) is 8.57. The quantitative estimate of drug-likeness (QED) is 0.650. The Morgan fingerprint density at radius 3 is 2.86 bits per heavy atom. The number of hydrogen-bond acceptors (Lipinski definition) is 6. The van der Waals surface area contributed by atoms with Crippen molar-refractivity contribution in [2.24, 2.45) is 5.92 Å².